The molecule has 4 aliphatic rings. The molecule has 2 atom stereocenters. The van der Waals surface area contributed by atoms with Gasteiger partial charge < -0.3 is 9.47 Å². The van der Waals surface area contributed by atoms with E-state index in [9.17, 15) is 12.8 Å². The quantitative estimate of drug-likeness (QED) is 0.809. The summed E-state index contributed by atoms with van der Waals surface area (Å²) in [5.41, 5.74) is 0.943. The normalized spacial score (nSPS) is 31.8. The van der Waals surface area contributed by atoms with Crippen LogP contribution in [0.5, 0.6) is 5.75 Å². The average Bonchev–Trinajstić information content (AvgIpc) is 2.64. The third-order valence-electron chi connectivity index (χ3n) is 6.25. The Kier molecular flexibility index (Phi) is 5.92. The van der Waals surface area contributed by atoms with E-state index in [-0.39, 0.29) is 30.7 Å². The van der Waals surface area contributed by atoms with Crippen LogP contribution in [0.4, 0.5) is 4.39 Å². The summed E-state index contributed by atoms with van der Waals surface area (Å²) < 4.78 is 53.2. The molecule has 0 unspecified atom stereocenters. The summed E-state index contributed by atoms with van der Waals surface area (Å²) in [6, 6.07) is 4.81. The molecule has 1 aliphatic carbocycles. The van der Waals surface area contributed by atoms with Crippen molar-refractivity contribution in [2.75, 3.05) is 26.1 Å². The van der Waals surface area contributed by atoms with Crippen LogP contribution in [0.25, 0.3) is 0 Å². The van der Waals surface area contributed by atoms with Crippen molar-refractivity contribution in [2.45, 2.75) is 62.6 Å². The van der Waals surface area contributed by atoms with E-state index in [1.54, 1.807) is 6.07 Å². The highest BCUT2D eigenvalue weighted by molar-refractivity contribution is 7.88. The van der Waals surface area contributed by atoms with Gasteiger partial charge >= 0.3 is 0 Å². The summed E-state index contributed by atoms with van der Waals surface area (Å²) in [4.78, 5) is 2.08. The minimum atomic E-state index is -3.32. The first-order valence-electron chi connectivity index (χ1n) is 10.1. The maximum atomic E-state index is 14.6. The van der Waals surface area contributed by atoms with Gasteiger partial charge in [0.15, 0.2) is 11.6 Å². The molecular formula is C20H29FN2O4S. The molecule has 0 radical (unpaired) electrons. The molecule has 8 heteroatoms. The van der Waals surface area contributed by atoms with Gasteiger partial charge in [0.05, 0.1) is 25.0 Å². The molecule has 3 heterocycles. The number of nitrogens with zero attached hydrogens (tertiary/aromatic N) is 1. The van der Waals surface area contributed by atoms with E-state index >= 15 is 0 Å². The third kappa shape index (κ3) is 4.50. The molecule has 1 saturated carbocycles. The Hall–Kier alpha value is -1.22. The Morgan fingerprint density at radius 2 is 1.96 bits per heavy atom. The smallest absolute Gasteiger partial charge is 0.209 e. The van der Waals surface area contributed by atoms with Crippen molar-refractivity contribution in [1.82, 2.24) is 9.62 Å². The lowest BCUT2D eigenvalue weighted by Gasteiger charge is -2.42. The fraction of sp³-hybridized carbons (Fsp3) is 0.700. The van der Waals surface area contributed by atoms with Crippen LogP contribution < -0.4 is 9.46 Å². The van der Waals surface area contributed by atoms with Gasteiger partial charge in [-0.1, -0.05) is 12.1 Å². The van der Waals surface area contributed by atoms with Crippen LogP contribution in [-0.4, -0.2) is 57.6 Å². The fourth-order valence-electron chi connectivity index (χ4n) is 4.84. The lowest BCUT2D eigenvalue weighted by Crippen LogP contribution is -2.58. The summed E-state index contributed by atoms with van der Waals surface area (Å²) in [7, 11) is -3.32. The highest BCUT2D eigenvalue weighted by atomic mass is 32.2. The van der Waals surface area contributed by atoms with Gasteiger partial charge in [0.25, 0.3) is 0 Å². The van der Waals surface area contributed by atoms with Crippen LogP contribution in [0.15, 0.2) is 18.2 Å². The van der Waals surface area contributed by atoms with E-state index in [4.69, 9.17) is 9.47 Å². The zero-order chi connectivity index (χ0) is 19.7. The van der Waals surface area contributed by atoms with Crippen LogP contribution in [0, 0.1) is 5.82 Å². The molecule has 1 aromatic carbocycles. The second-order valence-corrected chi connectivity index (χ2v) is 10.0. The van der Waals surface area contributed by atoms with Crippen LogP contribution >= 0.6 is 0 Å². The molecule has 0 spiro atoms. The van der Waals surface area contributed by atoms with Gasteiger partial charge in [0, 0.05) is 18.2 Å². The van der Waals surface area contributed by atoms with E-state index in [0.29, 0.717) is 18.3 Å². The molecule has 1 saturated heterocycles. The topological polar surface area (TPSA) is 67.9 Å². The second-order valence-electron chi connectivity index (χ2n) is 8.26. The lowest BCUT2D eigenvalue weighted by atomic mass is 9.82. The van der Waals surface area contributed by atoms with E-state index in [0.717, 1.165) is 50.6 Å². The number of halogens is 1. The molecule has 2 fully saturated rings. The van der Waals surface area contributed by atoms with Crippen molar-refractivity contribution < 1.29 is 22.3 Å². The zero-order valence-electron chi connectivity index (χ0n) is 16.3. The monoisotopic (exact) mass is 412 g/mol. The van der Waals surface area contributed by atoms with Crippen molar-refractivity contribution in [1.29, 1.82) is 0 Å². The number of piperidine rings is 1. The first-order chi connectivity index (χ1) is 13.4. The van der Waals surface area contributed by atoms with Gasteiger partial charge in [-0.05, 0) is 50.5 Å². The number of benzene rings is 1. The van der Waals surface area contributed by atoms with Crippen molar-refractivity contribution in [3.8, 4) is 5.75 Å². The summed E-state index contributed by atoms with van der Waals surface area (Å²) in [5.74, 6) is 0.318. The number of ether oxygens (including phenoxy) is 2. The minimum Gasteiger partial charge on any atom is -0.475 e. The number of fused-ring (bicyclic) bond motifs is 4. The molecule has 156 valence electrons. The number of rotatable bonds is 2. The number of hydrogen-bond donors (Lipinski definition) is 1. The summed E-state index contributed by atoms with van der Waals surface area (Å²) in [6.07, 6.45) is 6.73. The summed E-state index contributed by atoms with van der Waals surface area (Å²) in [6.45, 7) is 1.45. The third-order valence-corrected chi connectivity index (χ3v) is 6.98. The average molecular weight is 413 g/mol. The van der Waals surface area contributed by atoms with E-state index in [1.807, 2.05) is 6.07 Å². The Morgan fingerprint density at radius 1 is 1.18 bits per heavy atom. The van der Waals surface area contributed by atoms with Gasteiger partial charge in [-0.25, -0.2) is 17.5 Å². The highest BCUT2D eigenvalue weighted by Crippen LogP contribution is 2.40. The lowest BCUT2D eigenvalue weighted by molar-refractivity contribution is -0.0481. The van der Waals surface area contributed by atoms with E-state index in [1.165, 1.54) is 12.3 Å². The number of nitrogens with one attached hydrogen (secondary N) is 1. The second kappa shape index (κ2) is 8.26. The van der Waals surface area contributed by atoms with Crippen molar-refractivity contribution in [2.24, 2.45) is 0 Å². The Labute approximate surface area is 166 Å². The molecule has 1 N–H and O–H groups in total. The maximum Gasteiger partial charge on any atom is 0.209 e. The van der Waals surface area contributed by atoms with E-state index in [2.05, 4.69) is 9.62 Å². The van der Waals surface area contributed by atoms with Crippen molar-refractivity contribution in [3.05, 3.63) is 29.6 Å². The predicted octanol–water partition coefficient (Wildman–Crippen LogP) is 2.60. The minimum absolute atomic E-state index is 0.129. The van der Waals surface area contributed by atoms with Gasteiger partial charge in [0.1, 0.15) is 6.73 Å². The molecule has 28 heavy (non-hydrogen) atoms. The first kappa shape index (κ1) is 20.1. The highest BCUT2D eigenvalue weighted by Gasteiger charge is 2.36. The largest absolute Gasteiger partial charge is 0.475 e. The van der Waals surface area contributed by atoms with Crippen LogP contribution in [0.1, 0.15) is 50.0 Å². The zero-order valence-corrected chi connectivity index (χ0v) is 17.1. The Morgan fingerprint density at radius 3 is 2.71 bits per heavy atom. The SMILES string of the molecule is CS(=O)(=O)N[C@H]1CCCN2COc3c(F)cccc3[C@H]3CC[C@H](CC3)OC[C@@H]12. The van der Waals surface area contributed by atoms with Crippen LogP contribution in [0.3, 0.4) is 0 Å². The Balaban J connectivity index is 1.63. The van der Waals surface area contributed by atoms with Gasteiger partial charge in [-0.3, -0.25) is 4.90 Å². The first-order valence-corrected chi connectivity index (χ1v) is 12.0. The van der Waals surface area contributed by atoms with Crippen molar-refractivity contribution in [3.63, 3.8) is 0 Å². The molecule has 0 aromatic heterocycles. The fourth-order valence-corrected chi connectivity index (χ4v) is 5.67. The van der Waals surface area contributed by atoms with Gasteiger partial charge in [-0.2, -0.15) is 0 Å². The molecule has 5 rings (SSSR count). The predicted molar refractivity (Wildman–Crippen MR) is 104 cm³/mol. The molecule has 0 amide bonds. The standard InChI is InChI=1S/C20H29FN2O4S/c1-28(24,25)22-18-6-3-11-23-13-27-20-16(4-2-5-17(20)21)14-7-9-15(10-8-14)26-12-19(18)23/h2,4-5,14-15,18-19,22H,3,6-13H2,1H3/t14-,15+,18-,19-/m0/s1. The summed E-state index contributed by atoms with van der Waals surface area (Å²) >= 11 is 0. The van der Waals surface area contributed by atoms with E-state index < -0.39 is 10.0 Å². The molecular weight excluding hydrogens is 383 g/mol. The molecule has 6 nitrogen and oxygen atoms in total. The number of sulfonamides is 1. The van der Waals surface area contributed by atoms with Crippen LogP contribution in [-0.2, 0) is 14.8 Å². The van der Waals surface area contributed by atoms with Gasteiger partial charge in [0.2, 0.25) is 10.0 Å². The van der Waals surface area contributed by atoms with Crippen LogP contribution in [0.2, 0.25) is 0 Å². The molecule has 1 aromatic rings. The van der Waals surface area contributed by atoms with Gasteiger partial charge in [-0.15, -0.1) is 0 Å². The Bertz CT molecular complexity index is 795. The number of para-hydroxylation sites is 1. The summed E-state index contributed by atoms with van der Waals surface area (Å²) in [5, 5.41) is 0. The molecule has 2 bridgehead atoms. The molecule has 3 aliphatic heterocycles. The van der Waals surface area contributed by atoms with Crippen molar-refractivity contribution >= 4 is 10.0 Å². The number of hydrogen-bond acceptors (Lipinski definition) is 5. The maximum absolute atomic E-state index is 14.6.